The molecule has 0 heterocycles. The molecule has 36 heavy (non-hydrogen) atoms. The van der Waals surface area contributed by atoms with Crippen molar-refractivity contribution in [1.82, 2.24) is 16.0 Å². The predicted molar refractivity (Wildman–Crippen MR) is 150 cm³/mol. The largest absolute Gasteiger partial charge is 0.475 e. The van der Waals surface area contributed by atoms with Crippen LogP contribution in [0.4, 0.5) is 0 Å². The average Bonchev–Trinajstić information content (AvgIpc) is 2.82. The fourth-order valence-corrected chi connectivity index (χ4v) is 2.48. The Balaban J connectivity index is -0.000000110. The summed E-state index contributed by atoms with van der Waals surface area (Å²) in [4.78, 5) is 44.1. The molecule has 0 unspecified atom stereocenters. The number of amides is 1. The van der Waals surface area contributed by atoms with E-state index < -0.39 is 23.8 Å². The maximum Gasteiger partial charge on any atom is 0.373 e. The molecule has 0 aliphatic heterocycles. The van der Waals surface area contributed by atoms with E-state index in [-0.39, 0.29) is 39.4 Å². The van der Waals surface area contributed by atoms with Crippen molar-refractivity contribution in [1.29, 1.82) is 0 Å². The molecule has 0 aliphatic rings. The number of rotatable bonds is 13. The highest BCUT2D eigenvalue weighted by molar-refractivity contribution is 6.34. The van der Waals surface area contributed by atoms with E-state index in [1.54, 1.807) is 14.1 Å². The number of ether oxygens (including phenoxy) is 1. The minimum Gasteiger partial charge on any atom is -0.475 e. The van der Waals surface area contributed by atoms with Crippen molar-refractivity contribution in [3.63, 3.8) is 0 Å². The highest BCUT2D eigenvalue weighted by Crippen LogP contribution is 2.06. The van der Waals surface area contributed by atoms with Gasteiger partial charge in [0.2, 0.25) is 5.91 Å². The average molecular weight is 526 g/mol. The lowest BCUT2D eigenvalue weighted by Crippen LogP contribution is -2.41. The van der Waals surface area contributed by atoms with Crippen LogP contribution < -0.4 is 27.4 Å². The molecule has 11 nitrogen and oxygen atoms in total. The molecular formula is C25H59N5O6. The fourth-order valence-electron chi connectivity index (χ4n) is 2.48. The molecule has 0 bridgehead atoms. The van der Waals surface area contributed by atoms with Crippen LogP contribution in [-0.4, -0.2) is 81.7 Å². The van der Waals surface area contributed by atoms with Crippen molar-refractivity contribution in [2.45, 2.75) is 93.8 Å². The molecule has 3 atom stereocenters. The van der Waals surface area contributed by atoms with Crippen molar-refractivity contribution in [2.75, 3.05) is 34.8 Å². The second-order valence-corrected chi connectivity index (χ2v) is 7.79. The zero-order valence-corrected chi connectivity index (χ0v) is 22.9. The van der Waals surface area contributed by atoms with Gasteiger partial charge in [-0.2, -0.15) is 0 Å². The van der Waals surface area contributed by atoms with Gasteiger partial charge in [-0.05, 0) is 45.8 Å². The molecule has 0 saturated carbocycles. The lowest BCUT2D eigenvalue weighted by atomic mass is 10.0. The number of Topliss-reactive ketones (excluding diaryl/α,β-unsaturated/α-hetero) is 1. The minimum atomic E-state index is -1.37. The molecule has 1 amide bonds. The quantitative estimate of drug-likeness (QED) is 0.153. The molecule has 0 aromatic carbocycles. The number of carbonyl (C=O) groups excluding carboxylic acids is 3. The van der Waals surface area contributed by atoms with Crippen LogP contribution in [0.15, 0.2) is 0 Å². The van der Waals surface area contributed by atoms with Crippen LogP contribution in [0.1, 0.15) is 75.7 Å². The number of carbonyl (C=O) groups is 4. The van der Waals surface area contributed by atoms with Gasteiger partial charge in [-0.3, -0.25) is 14.4 Å². The van der Waals surface area contributed by atoms with Crippen LogP contribution in [0.2, 0.25) is 0 Å². The standard InChI is InChI=1S/C12H25N3O3.C8H15NO3.C2H6.CH5N.2CH4/c1-8(2)7-10(14-3)12(17)18-6-5-9(13)11(16)15-4;1-5(2)4-6(9-3)7(10)8(11)12;2*1-2;;/h8-10,14H,5-7,13H2,1-4H3,(H,15,16);5-6,9H,4H2,1-3H3,(H,11,12);1-2H3;2H2,1H3;2*1H4/t9-,10-;6-;;;;/m00..../s1. The number of likely N-dealkylation sites (N-methyl/N-ethyl adjacent to an activating group) is 3. The van der Waals surface area contributed by atoms with E-state index in [9.17, 15) is 19.2 Å². The molecule has 8 N–H and O–H groups in total. The molecule has 0 rings (SSSR count). The van der Waals surface area contributed by atoms with Crippen LogP contribution in [0, 0.1) is 11.8 Å². The molecule has 0 radical (unpaired) electrons. The number of nitrogens with one attached hydrogen (secondary N) is 3. The maximum atomic E-state index is 11.7. The predicted octanol–water partition coefficient (Wildman–Crippen LogP) is 1.77. The van der Waals surface area contributed by atoms with Crippen LogP contribution in [-0.2, 0) is 23.9 Å². The summed E-state index contributed by atoms with van der Waals surface area (Å²) in [5, 5.41) is 16.5. The van der Waals surface area contributed by atoms with Gasteiger partial charge in [0.15, 0.2) is 0 Å². The number of esters is 1. The number of ketones is 1. The van der Waals surface area contributed by atoms with Gasteiger partial charge in [0.1, 0.15) is 6.04 Å². The minimum absolute atomic E-state index is 0. The Bertz CT molecular complexity index is 545. The van der Waals surface area contributed by atoms with E-state index in [1.807, 2.05) is 41.5 Å². The van der Waals surface area contributed by atoms with E-state index in [4.69, 9.17) is 15.6 Å². The van der Waals surface area contributed by atoms with Gasteiger partial charge in [0.25, 0.3) is 5.78 Å². The molecule has 0 aromatic heterocycles. The first-order chi connectivity index (χ1) is 15.9. The van der Waals surface area contributed by atoms with Crippen molar-refractivity contribution >= 4 is 23.6 Å². The van der Waals surface area contributed by atoms with Gasteiger partial charge in [0.05, 0.1) is 18.7 Å². The van der Waals surface area contributed by atoms with Crippen LogP contribution in [0.3, 0.4) is 0 Å². The summed E-state index contributed by atoms with van der Waals surface area (Å²) in [5.74, 6) is -1.95. The fraction of sp³-hybridized carbons (Fsp3) is 0.840. The maximum absolute atomic E-state index is 11.7. The molecule has 0 saturated heterocycles. The zero-order chi connectivity index (χ0) is 27.9. The first-order valence-corrected chi connectivity index (χ1v) is 11.7. The van der Waals surface area contributed by atoms with Crippen molar-refractivity contribution in [3.05, 3.63) is 0 Å². The monoisotopic (exact) mass is 525 g/mol. The Hall–Kier alpha value is -2.08. The Morgan fingerprint density at radius 2 is 1.22 bits per heavy atom. The second-order valence-electron chi connectivity index (χ2n) is 7.79. The normalized spacial score (nSPS) is 11.7. The third-order valence-corrected chi connectivity index (χ3v) is 4.18. The molecule has 0 fully saturated rings. The molecular weight excluding hydrogens is 466 g/mol. The van der Waals surface area contributed by atoms with E-state index in [1.165, 1.54) is 14.1 Å². The number of hydrogen-bond acceptors (Lipinski definition) is 9. The zero-order valence-electron chi connectivity index (χ0n) is 22.9. The van der Waals surface area contributed by atoms with Crippen LogP contribution >= 0.6 is 0 Å². The number of carboxylic acids is 1. The summed E-state index contributed by atoms with van der Waals surface area (Å²) < 4.78 is 5.10. The summed E-state index contributed by atoms with van der Waals surface area (Å²) in [6, 6.07) is -1.50. The van der Waals surface area contributed by atoms with Crippen molar-refractivity contribution < 1.29 is 29.0 Å². The number of hydrogen-bond donors (Lipinski definition) is 6. The van der Waals surface area contributed by atoms with E-state index in [0.717, 1.165) is 6.42 Å². The van der Waals surface area contributed by atoms with Gasteiger partial charge >= 0.3 is 11.9 Å². The Labute approximate surface area is 220 Å². The Kier molecular flexibility index (Phi) is 40.5. The third-order valence-electron chi connectivity index (χ3n) is 4.18. The molecule has 0 aliphatic carbocycles. The first kappa shape index (κ1) is 47.2. The lowest BCUT2D eigenvalue weighted by Gasteiger charge is -2.17. The summed E-state index contributed by atoms with van der Waals surface area (Å²) >= 11 is 0. The molecule has 0 spiro atoms. The molecule has 220 valence electrons. The summed E-state index contributed by atoms with van der Waals surface area (Å²) in [6.07, 6.45) is 1.60. The first-order valence-electron chi connectivity index (χ1n) is 11.7. The highest BCUT2D eigenvalue weighted by atomic mass is 16.5. The summed E-state index contributed by atoms with van der Waals surface area (Å²) in [5.41, 5.74) is 10.1. The van der Waals surface area contributed by atoms with Crippen molar-refractivity contribution in [2.24, 2.45) is 23.3 Å². The van der Waals surface area contributed by atoms with E-state index >= 15 is 0 Å². The van der Waals surface area contributed by atoms with Gasteiger partial charge in [-0.25, -0.2) is 4.79 Å². The smallest absolute Gasteiger partial charge is 0.373 e. The topological polar surface area (TPSA) is 186 Å². The SMILES string of the molecule is C.C.CC.CN.CNC(=O)[C@@H](N)CCOC(=O)[C@H](CC(C)C)NC.CN[C@@H](CC(C)C)C(=O)C(=O)O. The van der Waals surface area contributed by atoms with Crippen molar-refractivity contribution in [3.8, 4) is 0 Å². The highest BCUT2D eigenvalue weighted by Gasteiger charge is 2.23. The summed E-state index contributed by atoms with van der Waals surface area (Å²) in [7, 11) is 6.34. The Morgan fingerprint density at radius 3 is 1.53 bits per heavy atom. The van der Waals surface area contributed by atoms with Gasteiger partial charge in [-0.15, -0.1) is 0 Å². The number of carboxylic acid groups (broad SMARTS) is 1. The summed E-state index contributed by atoms with van der Waals surface area (Å²) in [6.45, 7) is 12.1. The van der Waals surface area contributed by atoms with E-state index in [2.05, 4.69) is 21.7 Å². The second kappa shape index (κ2) is 31.0. The number of aliphatic carboxylic acids is 1. The third kappa shape index (κ3) is 26.5. The Morgan fingerprint density at radius 1 is 0.833 bits per heavy atom. The van der Waals surface area contributed by atoms with E-state index in [0.29, 0.717) is 24.7 Å². The number of nitrogens with two attached hydrogens (primary N) is 2. The van der Waals surface area contributed by atoms with Gasteiger partial charge < -0.3 is 37.3 Å². The van der Waals surface area contributed by atoms with Gasteiger partial charge in [0, 0.05) is 13.5 Å². The van der Waals surface area contributed by atoms with Crippen LogP contribution in [0.5, 0.6) is 0 Å². The molecule has 0 aromatic rings. The van der Waals surface area contributed by atoms with Gasteiger partial charge in [-0.1, -0.05) is 56.4 Å². The molecule has 11 heteroatoms. The van der Waals surface area contributed by atoms with Crippen LogP contribution in [0.25, 0.3) is 0 Å². The lowest BCUT2D eigenvalue weighted by molar-refractivity contribution is -0.150.